The van der Waals surface area contributed by atoms with Crippen molar-refractivity contribution in [1.82, 2.24) is 10.3 Å². The smallest absolute Gasteiger partial charge is 0.253 e. The SMILES string of the molecule is O=C(NC1CC1)c1ccc(NCc2c(F)cccc2Cl)nc1. The second-order valence-corrected chi connectivity index (χ2v) is 5.64. The fraction of sp³-hybridized carbons (Fsp3) is 0.250. The molecule has 3 rings (SSSR count). The second-order valence-electron chi connectivity index (χ2n) is 5.23. The Labute approximate surface area is 132 Å². The van der Waals surface area contributed by atoms with E-state index >= 15 is 0 Å². The summed E-state index contributed by atoms with van der Waals surface area (Å²) in [5.74, 6) is 0.0846. The topological polar surface area (TPSA) is 54.0 Å². The van der Waals surface area contributed by atoms with Gasteiger partial charge in [-0.05, 0) is 37.1 Å². The molecular weight excluding hydrogens is 305 g/mol. The third kappa shape index (κ3) is 3.54. The number of hydrogen-bond donors (Lipinski definition) is 2. The van der Waals surface area contributed by atoms with Crippen molar-refractivity contribution < 1.29 is 9.18 Å². The van der Waals surface area contributed by atoms with Crippen LogP contribution in [0.25, 0.3) is 0 Å². The number of benzene rings is 1. The van der Waals surface area contributed by atoms with Gasteiger partial charge in [-0.25, -0.2) is 9.37 Å². The van der Waals surface area contributed by atoms with Crippen molar-refractivity contribution in [2.24, 2.45) is 0 Å². The average molecular weight is 320 g/mol. The van der Waals surface area contributed by atoms with Gasteiger partial charge in [0.25, 0.3) is 5.91 Å². The lowest BCUT2D eigenvalue weighted by Crippen LogP contribution is -2.25. The Hall–Kier alpha value is -2.14. The molecule has 0 saturated heterocycles. The summed E-state index contributed by atoms with van der Waals surface area (Å²) in [5, 5.41) is 6.26. The van der Waals surface area contributed by atoms with E-state index in [0.717, 1.165) is 12.8 Å². The maximum absolute atomic E-state index is 13.7. The predicted octanol–water partition coefficient (Wildman–Crippen LogP) is 3.38. The number of anilines is 1. The van der Waals surface area contributed by atoms with Crippen LogP contribution in [0.1, 0.15) is 28.8 Å². The summed E-state index contributed by atoms with van der Waals surface area (Å²) in [5.41, 5.74) is 0.905. The lowest BCUT2D eigenvalue weighted by molar-refractivity contribution is 0.0951. The molecule has 0 aliphatic heterocycles. The Balaban J connectivity index is 1.62. The molecule has 4 nitrogen and oxygen atoms in total. The summed E-state index contributed by atoms with van der Waals surface area (Å²) in [6, 6.07) is 8.26. The Morgan fingerprint density at radius 3 is 2.77 bits per heavy atom. The number of nitrogens with zero attached hydrogens (tertiary/aromatic N) is 1. The van der Waals surface area contributed by atoms with E-state index in [4.69, 9.17) is 11.6 Å². The molecule has 1 heterocycles. The quantitative estimate of drug-likeness (QED) is 0.888. The number of halogens is 2. The lowest BCUT2D eigenvalue weighted by atomic mass is 10.2. The monoisotopic (exact) mass is 319 g/mol. The molecule has 1 fully saturated rings. The fourth-order valence-corrected chi connectivity index (χ4v) is 2.24. The summed E-state index contributed by atoms with van der Waals surface area (Å²) < 4.78 is 13.7. The third-order valence-corrected chi connectivity index (χ3v) is 3.80. The number of rotatable bonds is 5. The molecule has 6 heteroatoms. The maximum atomic E-state index is 13.7. The van der Waals surface area contributed by atoms with E-state index in [2.05, 4.69) is 15.6 Å². The van der Waals surface area contributed by atoms with Crippen LogP contribution in [-0.2, 0) is 6.54 Å². The average Bonchev–Trinajstić information content (AvgIpc) is 3.31. The van der Waals surface area contributed by atoms with Gasteiger partial charge in [-0.2, -0.15) is 0 Å². The van der Waals surface area contributed by atoms with E-state index in [-0.39, 0.29) is 18.3 Å². The van der Waals surface area contributed by atoms with Gasteiger partial charge in [-0.3, -0.25) is 4.79 Å². The van der Waals surface area contributed by atoms with Gasteiger partial charge in [-0.15, -0.1) is 0 Å². The highest BCUT2D eigenvalue weighted by Crippen LogP contribution is 2.21. The molecule has 1 aliphatic rings. The van der Waals surface area contributed by atoms with Gasteiger partial charge >= 0.3 is 0 Å². The van der Waals surface area contributed by atoms with Crippen LogP contribution in [-0.4, -0.2) is 16.9 Å². The van der Waals surface area contributed by atoms with Gasteiger partial charge in [0, 0.05) is 29.4 Å². The molecule has 0 radical (unpaired) electrons. The van der Waals surface area contributed by atoms with E-state index in [1.165, 1.54) is 12.3 Å². The number of hydrogen-bond acceptors (Lipinski definition) is 3. The number of aromatic nitrogens is 1. The van der Waals surface area contributed by atoms with Crippen molar-refractivity contribution in [3.8, 4) is 0 Å². The molecule has 0 atom stereocenters. The molecule has 2 aromatic rings. The summed E-state index contributed by atoms with van der Waals surface area (Å²) in [7, 11) is 0. The minimum absolute atomic E-state index is 0.112. The molecule has 22 heavy (non-hydrogen) atoms. The first-order valence-electron chi connectivity index (χ1n) is 7.07. The zero-order valence-corrected chi connectivity index (χ0v) is 12.5. The zero-order chi connectivity index (χ0) is 15.5. The fourth-order valence-electron chi connectivity index (χ4n) is 2.01. The normalized spacial score (nSPS) is 13.7. The van der Waals surface area contributed by atoms with Crippen LogP contribution in [0.15, 0.2) is 36.5 Å². The van der Waals surface area contributed by atoms with Crippen LogP contribution < -0.4 is 10.6 Å². The predicted molar refractivity (Wildman–Crippen MR) is 83.5 cm³/mol. The van der Waals surface area contributed by atoms with Gasteiger partial charge in [-0.1, -0.05) is 17.7 Å². The summed E-state index contributed by atoms with van der Waals surface area (Å²) >= 11 is 5.96. The van der Waals surface area contributed by atoms with Crippen molar-refractivity contribution >= 4 is 23.3 Å². The van der Waals surface area contributed by atoms with Gasteiger partial charge in [0.15, 0.2) is 0 Å². The van der Waals surface area contributed by atoms with Gasteiger partial charge in [0.05, 0.1) is 5.56 Å². The van der Waals surface area contributed by atoms with Crippen LogP contribution in [0.4, 0.5) is 10.2 Å². The lowest BCUT2D eigenvalue weighted by Gasteiger charge is -2.09. The Bertz CT molecular complexity index is 666. The molecule has 0 spiro atoms. The first-order chi connectivity index (χ1) is 10.6. The minimum Gasteiger partial charge on any atom is -0.366 e. The molecular formula is C16H15ClFN3O. The molecule has 1 aromatic carbocycles. The van der Waals surface area contributed by atoms with Crippen LogP contribution >= 0.6 is 11.6 Å². The molecule has 2 N–H and O–H groups in total. The van der Waals surface area contributed by atoms with Gasteiger partial charge < -0.3 is 10.6 Å². The highest BCUT2D eigenvalue weighted by atomic mass is 35.5. The van der Waals surface area contributed by atoms with E-state index in [1.807, 2.05) is 0 Å². The number of pyridine rings is 1. The zero-order valence-electron chi connectivity index (χ0n) is 11.8. The van der Waals surface area contributed by atoms with Crippen molar-refractivity contribution in [3.05, 3.63) is 58.5 Å². The first-order valence-corrected chi connectivity index (χ1v) is 7.45. The van der Waals surface area contributed by atoms with Crippen molar-refractivity contribution in [2.45, 2.75) is 25.4 Å². The molecule has 1 aliphatic carbocycles. The Kier molecular flexibility index (Phi) is 4.24. The van der Waals surface area contributed by atoms with Gasteiger partial charge in [0.2, 0.25) is 0 Å². The number of nitrogens with one attached hydrogen (secondary N) is 2. The van der Waals surface area contributed by atoms with E-state index < -0.39 is 0 Å². The van der Waals surface area contributed by atoms with E-state index in [0.29, 0.717) is 28.0 Å². The highest BCUT2D eigenvalue weighted by molar-refractivity contribution is 6.31. The largest absolute Gasteiger partial charge is 0.366 e. The minimum atomic E-state index is -0.361. The van der Waals surface area contributed by atoms with E-state index in [1.54, 1.807) is 24.3 Å². The van der Waals surface area contributed by atoms with Crippen LogP contribution in [0.5, 0.6) is 0 Å². The van der Waals surface area contributed by atoms with E-state index in [9.17, 15) is 9.18 Å². The molecule has 1 aromatic heterocycles. The Morgan fingerprint density at radius 1 is 1.32 bits per heavy atom. The second kappa shape index (κ2) is 6.32. The van der Waals surface area contributed by atoms with Crippen molar-refractivity contribution in [3.63, 3.8) is 0 Å². The third-order valence-electron chi connectivity index (χ3n) is 3.45. The molecule has 114 valence electrons. The number of carbonyl (C=O) groups excluding carboxylic acids is 1. The summed E-state index contributed by atoms with van der Waals surface area (Å²) in [6.45, 7) is 0.228. The maximum Gasteiger partial charge on any atom is 0.253 e. The Morgan fingerprint density at radius 2 is 2.14 bits per heavy atom. The standard InChI is InChI=1S/C16H15ClFN3O/c17-13-2-1-3-14(18)12(13)9-20-15-7-4-10(8-19-15)16(22)21-11-5-6-11/h1-4,7-8,11H,5-6,9H2,(H,19,20)(H,21,22). The summed E-state index contributed by atoms with van der Waals surface area (Å²) in [6.07, 6.45) is 3.59. The van der Waals surface area contributed by atoms with Crippen LogP contribution in [0.2, 0.25) is 5.02 Å². The number of carbonyl (C=O) groups is 1. The van der Waals surface area contributed by atoms with Crippen LogP contribution in [0, 0.1) is 5.82 Å². The summed E-state index contributed by atoms with van der Waals surface area (Å²) in [4.78, 5) is 16.0. The molecule has 1 saturated carbocycles. The first kappa shape index (κ1) is 14.8. The molecule has 1 amide bonds. The molecule has 0 bridgehead atoms. The van der Waals surface area contributed by atoms with Crippen LogP contribution in [0.3, 0.4) is 0 Å². The number of amides is 1. The molecule has 0 unspecified atom stereocenters. The van der Waals surface area contributed by atoms with Crippen molar-refractivity contribution in [2.75, 3.05) is 5.32 Å². The van der Waals surface area contributed by atoms with Crippen molar-refractivity contribution in [1.29, 1.82) is 0 Å². The van der Waals surface area contributed by atoms with Gasteiger partial charge in [0.1, 0.15) is 11.6 Å². The highest BCUT2D eigenvalue weighted by Gasteiger charge is 2.23.